The molecule has 0 fully saturated rings. The van der Waals surface area contributed by atoms with Crippen molar-refractivity contribution < 1.29 is 14.7 Å². The zero-order chi connectivity index (χ0) is 19.4. The van der Waals surface area contributed by atoms with Crippen LogP contribution in [0.15, 0.2) is 35.4 Å². The van der Waals surface area contributed by atoms with Crippen LogP contribution in [-0.2, 0) is 9.59 Å². The van der Waals surface area contributed by atoms with Crippen molar-refractivity contribution in [1.29, 1.82) is 0 Å². The molecule has 0 aliphatic carbocycles. The predicted octanol–water partition coefficient (Wildman–Crippen LogP) is 2.21. The van der Waals surface area contributed by atoms with Gasteiger partial charge >= 0.3 is 5.97 Å². The molecule has 1 aromatic carbocycles. The molecular weight excluding hydrogens is 334 g/mol. The highest BCUT2D eigenvalue weighted by Crippen LogP contribution is 2.18. The standard InChI is InChI=1S/C19H25N3O4/c1-11(2)9-15(17(23)21-16(12(3)4)19(25)26)22-10-20-14-8-6-5-7-13(14)18(22)24/h5-8,10-12,15-16H,9H2,1-4H3,(H,21,23)(H,25,26)/t15-,16+/m1/s1. The molecule has 7 nitrogen and oxygen atoms in total. The monoisotopic (exact) mass is 359 g/mol. The molecule has 0 aliphatic rings. The summed E-state index contributed by atoms with van der Waals surface area (Å²) in [6.07, 6.45) is 1.76. The van der Waals surface area contributed by atoms with Crippen molar-refractivity contribution in [2.45, 2.75) is 46.2 Å². The smallest absolute Gasteiger partial charge is 0.326 e. The summed E-state index contributed by atoms with van der Waals surface area (Å²) in [6.45, 7) is 7.33. The summed E-state index contributed by atoms with van der Waals surface area (Å²) in [6, 6.07) is 5.10. The zero-order valence-electron chi connectivity index (χ0n) is 15.5. The van der Waals surface area contributed by atoms with Gasteiger partial charge in [-0.2, -0.15) is 0 Å². The van der Waals surface area contributed by atoms with Gasteiger partial charge in [-0.25, -0.2) is 9.78 Å². The van der Waals surface area contributed by atoms with E-state index < -0.39 is 24.0 Å². The summed E-state index contributed by atoms with van der Waals surface area (Å²) in [7, 11) is 0. The second-order valence-corrected chi connectivity index (χ2v) is 7.19. The van der Waals surface area contributed by atoms with E-state index in [2.05, 4.69) is 10.3 Å². The molecule has 1 aromatic heterocycles. The number of carbonyl (C=O) groups is 2. The Morgan fingerprint density at radius 1 is 1.19 bits per heavy atom. The number of hydrogen-bond acceptors (Lipinski definition) is 4. The fourth-order valence-corrected chi connectivity index (χ4v) is 2.86. The van der Waals surface area contributed by atoms with Crippen molar-refractivity contribution in [3.63, 3.8) is 0 Å². The summed E-state index contributed by atoms with van der Waals surface area (Å²) in [5.41, 5.74) is 0.246. The molecule has 7 heteroatoms. The topological polar surface area (TPSA) is 101 Å². The number of carboxylic acid groups (broad SMARTS) is 1. The quantitative estimate of drug-likeness (QED) is 0.789. The Morgan fingerprint density at radius 3 is 2.42 bits per heavy atom. The number of aliphatic carboxylic acids is 1. The number of rotatable bonds is 7. The largest absolute Gasteiger partial charge is 0.480 e. The fourth-order valence-electron chi connectivity index (χ4n) is 2.86. The lowest BCUT2D eigenvalue weighted by atomic mass is 10.00. The molecule has 1 heterocycles. The van der Waals surface area contributed by atoms with E-state index in [9.17, 15) is 19.5 Å². The Morgan fingerprint density at radius 2 is 1.85 bits per heavy atom. The highest BCUT2D eigenvalue weighted by molar-refractivity contribution is 5.86. The third-order valence-electron chi connectivity index (χ3n) is 4.25. The minimum atomic E-state index is -1.10. The molecule has 0 aliphatic heterocycles. The molecular formula is C19H25N3O4. The highest BCUT2D eigenvalue weighted by atomic mass is 16.4. The Kier molecular flexibility index (Phi) is 6.13. The first-order valence-electron chi connectivity index (χ1n) is 8.71. The van der Waals surface area contributed by atoms with Crippen LogP contribution in [0.1, 0.15) is 40.2 Å². The third-order valence-corrected chi connectivity index (χ3v) is 4.25. The molecule has 2 atom stereocenters. The maximum atomic E-state index is 12.8. The van der Waals surface area contributed by atoms with Gasteiger partial charge in [0, 0.05) is 0 Å². The van der Waals surface area contributed by atoms with E-state index >= 15 is 0 Å². The summed E-state index contributed by atoms with van der Waals surface area (Å²) < 4.78 is 1.30. The second kappa shape index (κ2) is 8.12. The molecule has 0 spiro atoms. The van der Waals surface area contributed by atoms with Gasteiger partial charge in [0.05, 0.1) is 17.2 Å². The number of fused-ring (bicyclic) bond motifs is 1. The van der Waals surface area contributed by atoms with Crippen molar-refractivity contribution >= 4 is 22.8 Å². The molecule has 0 bridgehead atoms. The molecule has 2 N–H and O–H groups in total. The van der Waals surface area contributed by atoms with E-state index in [-0.39, 0.29) is 17.4 Å². The number of carbonyl (C=O) groups excluding carboxylic acids is 1. The number of aromatic nitrogens is 2. The Hall–Kier alpha value is -2.70. The summed E-state index contributed by atoms with van der Waals surface area (Å²) in [5.74, 6) is -1.73. The number of benzene rings is 1. The highest BCUT2D eigenvalue weighted by Gasteiger charge is 2.29. The van der Waals surface area contributed by atoms with Crippen LogP contribution < -0.4 is 10.9 Å². The molecule has 0 radical (unpaired) electrons. The minimum Gasteiger partial charge on any atom is -0.480 e. The Labute approximate surface area is 152 Å². The van der Waals surface area contributed by atoms with Gasteiger partial charge in [0.2, 0.25) is 5.91 Å². The van der Waals surface area contributed by atoms with Gasteiger partial charge < -0.3 is 10.4 Å². The average molecular weight is 359 g/mol. The Bertz CT molecular complexity index is 857. The lowest BCUT2D eigenvalue weighted by Gasteiger charge is -2.24. The first-order valence-corrected chi connectivity index (χ1v) is 8.71. The van der Waals surface area contributed by atoms with Gasteiger partial charge in [-0.1, -0.05) is 39.8 Å². The predicted molar refractivity (Wildman–Crippen MR) is 98.9 cm³/mol. The number of amides is 1. The normalized spacial score (nSPS) is 13.8. The van der Waals surface area contributed by atoms with Crippen molar-refractivity contribution in [2.24, 2.45) is 11.8 Å². The number of nitrogens with one attached hydrogen (secondary N) is 1. The molecule has 1 amide bonds. The first kappa shape index (κ1) is 19.6. The number of nitrogens with zero attached hydrogens (tertiary/aromatic N) is 2. The van der Waals surface area contributed by atoms with Crippen molar-refractivity contribution in [1.82, 2.24) is 14.9 Å². The van der Waals surface area contributed by atoms with E-state index in [1.165, 1.54) is 10.9 Å². The number of para-hydroxylation sites is 1. The van der Waals surface area contributed by atoms with Gasteiger partial charge in [-0.3, -0.25) is 14.2 Å². The molecule has 0 saturated heterocycles. The van der Waals surface area contributed by atoms with Crippen LogP contribution in [0.4, 0.5) is 0 Å². The average Bonchev–Trinajstić information content (AvgIpc) is 2.57. The van der Waals surface area contributed by atoms with E-state index in [0.717, 1.165) is 0 Å². The summed E-state index contributed by atoms with van der Waals surface area (Å²) in [5, 5.41) is 12.3. The van der Waals surface area contributed by atoms with Gasteiger partial charge in [-0.05, 0) is 30.4 Å². The zero-order valence-corrected chi connectivity index (χ0v) is 15.5. The maximum Gasteiger partial charge on any atom is 0.326 e. The number of carboxylic acids is 1. The van der Waals surface area contributed by atoms with E-state index in [4.69, 9.17) is 0 Å². The van der Waals surface area contributed by atoms with Gasteiger partial charge in [0.1, 0.15) is 12.1 Å². The molecule has 0 saturated carbocycles. The third kappa shape index (κ3) is 4.28. The number of hydrogen-bond donors (Lipinski definition) is 2. The lowest BCUT2D eigenvalue weighted by Crippen LogP contribution is -2.48. The summed E-state index contributed by atoms with van der Waals surface area (Å²) >= 11 is 0. The van der Waals surface area contributed by atoms with Crippen molar-refractivity contribution in [2.75, 3.05) is 0 Å². The van der Waals surface area contributed by atoms with Crippen molar-refractivity contribution in [3.05, 3.63) is 40.9 Å². The SMILES string of the molecule is CC(C)C[C@H](C(=O)N[C@H](C(=O)O)C(C)C)n1cnc2ccccc2c1=O. The second-order valence-electron chi connectivity index (χ2n) is 7.19. The van der Waals surface area contributed by atoms with E-state index in [1.54, 1.807) is 38.1 Å². The van der Waals surface area contributed by atoms with Gasteiger partial charge in [-0.15, -0.1) is 0 Å². The summed E-state index contributed by atoms with van der Waals surface area (Å²) in [4.78, 5) is 41.3. The van der Waals surface area contributed by atoms with Crippen LogP contribution in [0, 0.1) is 11.8 Å². The van der Waals surface area contributed by atoms with E-state index in [0.29, 0.717) is 17.3 Å². The molecule has 26 heavy (non-hydrogen) atoms. The Balaban J connectivity index is 2.44. The molecule has 2 aromatic rings. The van der Waals surface area contributed by atoms with Crippen LogP contribution in [0.5, 0.6) is 0 Å². The lowest BCUT2D eigenvalue weighted by molar-refractivity contribution is -0.143. The first-order chi connectivity index (χ1) is 12.2. The molecule has 0 unspecified atom stereocenters. The van der Waals surface area contributed by atoms with Crippen LogP contribution in [0.3, 0.4) is 0 Å². The van der Waals surface area contributed by atoms with Crippen molar-refractivity contribution in [3.8, 4) is 0 Å². The van der Waals surface area contributed by atoms with Gasteiger partial charge in [0.15, 0.2) is 0 Å². The van der Waals surface area contributed by atoms with Crippen LogP contribution in [0.25, 0.3) is 10.9 Å². The maximum absolute atomic E-state index is 12.8. The minimum absolute atomic E-state index is 0.131. The van der Waals surface area contributed by atoms with E-state index in [1.807, 2.05) is 13.8 Å². The van der Waals surface area contributed by atoms with Crippen LogP contribution >= 0.6 is 0 Å². The van der Waals surface area contributed by atoms with Gasteiger partial charge in [0.25, 0.3) is 5.56 Å². The molecule has 140 valence electrons. The molecule has 2 rings (SSSR count). The van der Waals surface area contributed by atoms with Crippen LogP contribution in [0.2, 0.25) is 0 Å². The fraction of sp³-hybridized carbons (Fsp3) is 0.474. The van der Waals surface area contributed by atoms with Crippen LogP contribution in [-0.4, -0.2) is 32.6 Å².